The van der Waals surface area contributed by atoms with E-state index in [2.05, 4.69) is 4.98 Å². The number of hydrogen-bond donors (Lipinski definition) is 1. The molecule has 3 rings (SSSR count). The topological polar surface area (TPSA) is 73.1 Å². The highest BCUT2D eigenvalue weighted by Gasteiger charge is 2.18. The number of primary sulfonamides is 1. The Kier molecular flexibility index (Phi) is 2.08. The molecule has 1 aliphatic rings. The molecule has 1 aliphatic carbocycles. The van der Waals surface area contributed by atoms with Gasteiger partial charge in [-0.25, -0.2) is 13.6 Å². The zero-order valence-corrected chi connectivity index (χ0v) is 9.74. The van der Waals surface area contributed by atoms with Crippen LogP contribution in [-0.4, -0.2) is 13.4 Å². The number of fused-ring (bicyclic) bond motifs is 3. The third-order valence-corrected chi connectivity index (χ3v) is 3.91. The fourth-order valence-electron chi connectivity index (χ4n) is 2.22. The summed E-state index contributed by atoms with van der Waals surface area (Å²) in [6.07, 6.45) is 7.99. The van der Waals surface area contributed by atoms with E-state index in [0.29, 0.717) is 5.39 Å². The zero-order valence-electron chi connectivity index (χ0n) is 8.92. The number of aromatic nitrogens is 1. The molecule has 1 heterocycles. The minimum absolute atomic E-state index is 0.178. The van der Waals surface area contributed by atoms with E-state index in [1.807, 2.05) is 12.2 Å². The predicted molar refractivity (Wildman–Crippen MR) is 65.9 cm³/mol. The average molecular weight is 246 g/mol. The number of nitrogens with two attached hydrogens (primary N) is 1. The molecule has 0 unspecified atom stereocenters. The van der Waals surface area contributed by atoms with Crippen LogP contribution in [0.3, 0.4) is 0 Å². The van der Waals surface area contributed by atoms with Crippen molar-refractivity contribution in [2.45, 2.75) is 11.3 Å². The van der Waals surface area contributed by atoms with Crippen LogP contribution in [0.2, 0.25) is 0 Å². The molecule has 0 saturated heterocycles. The molecular formula is C12H10N2O2S. The van der Waals surface area contributed by atoms with Gasteiger partial charge in [0.25, 0.3) is 0 Å². The largest absolute Gasteiger partial charge is 0.264 e. The van der Waals surface area contributed by atoms with Crippen LogP contribution in [-0.2, 0) is 16.4 Å². The van der Waals surface area contributed by atoms with E-state index >= 15 is 0 Å². The van der Waals surface area contributed by atoms with Crippen LogP contribution in [0.15, 0.2) is 35.5 Å². The van der Waals surface area contributed by atoms with Crippen molar-refractivity contribution in [3.05, 3.63) is 41.7 Å². The van der Waals surface area contributed by atoms with E-state index < -0.39 is 10.0 Å². The van der Waals surface area contributed by atoms with Crippen molar-refractivity contribution in [2.24, 2.45) is 5.14 Å². The van der Waals surface area contributed by atoms with E-state index in [4.69, 9.17) is 5.14 Å². The number of rotatable bonds is 1. The molecule has 4 nitrogen and oxygen atoms in total. The summed E-state index contributed by atoms with van der Waals surface area (Å²) in [6.45, 7) is 0. The van der Waals surface area contributed by atoms with Gasteiger partial charge in [-0.15, -0.1) is 0 Å². The molecule has 0 saturated carbocycles. The van der Waals surface area contributed by atoms with Gasteiger partial charge in [0.1, 0.15) is 0 Å². The molecular weight excluding hydrogens is 236 g/mol. The van der Waals surface area contributed by atoms with Crippen molar-refractivity contribution >= 4 is 26.9 Å². The number of pyridine rings is 1. The Morgan fingerprint density at radius 1 is 1.29 bits per heavy atom. The van der Waals surface area contributed by atoms with E-state index in [-0.39, 0.29) is 4.90 Å². The van der Waals surface area contributed by atoms with Gasteiger partial charge in [0.15, 0.2) is 0 Å². The second-order valence-corrected chi connectivity index (χ2v) is 5.55. The van der Waals surface area contributed by atoms with Gasteiger partial charge >= 0.3 is 0 Å². The van der Waals surface area contributed by atoms with Crippen molar-refractivity contribution in [3.8, 4) is 0 Å². The van der Waals surface area contributed by atoms with E-state index in [0.717, 1.165) is 22.9 Å². The maximum atomic E-state index is 11.6. The van der Waals surface area contributed by atoms with E-state index in [1.54, 1.807) is 24.5 Å². The van der Waals surface area contributed by atoms with Crippen LogP contribution >= 0.6 is 0 Å². The summed E-state index contributed by atoms with van der Waals surface area (Å²) < 4.78 is 23.2. The highest BCUT2D eigenvalue weighted by Crippen LogP contribution is 2.32. The third-order valence-electron chi connectivity index (χ3n) is 2.96. The molecule has 0 aliphatic heterocycles. The Labute approximate surface area is 98.8 Å². The Balaban J connectivity index is 2.52. The fourth-order valence-corrected chi connectivity index (χ4v) is 3.01. The highest BCUT2D eigenvalue weighted by molar-refractivity contribution is 7.89. The minimum Gasteiger partial charge on any atom is -0.264 e. The quantitative estimate of drug-likeness (QED) is 0.827. The molecule has 1 aromatic carbocycles. The zero-order chi connectivity index (χ0) is 12.0. The molecule has 0 radical (unpaired) electrons. The summed E-state index contributed by atoms with van der Waals surface area (Å²) in [7, 11) is -3.71. The van der Waals surface area contributed by atoms with Gasteiger partial charge in [-0.2, -0.15) is 0 Å². The van der Waals surface area contributed by atoms with Gasteiger partial charge < -0.3 is 0 Å². The monoisotopic (exact) mass is 246 g/mol. The second-order valence-electron chi connectivity index (χ2n) is 4.02. The normalized spacial score (nSPS) is 14.2. The molecule has 1 aromatic heterocycles. The molecule has 0 amide bonds. The fraction of sp³-hybridized carbons (Fsp3) is 0.0833. The van der Waals surface area contributed by atoms with Gasteiger partial charge in [-0.3, -0.25) is 4.98 Å². The maximum Gasteiger partial charge on any atom is 0.238 e. The summed E-state index contributed by atoms with van der Waals surface area (Å²) in [6, 6.07) is 3.34. The van der Waals surface area contributed by atoms with E-state index in [1.165, 1.54) is 0 Å². The summed E-state index contributed by atoms with van der Waals surface area (Å²) >= 11 is 0. The Morgan fingerprint density at radius 3 is 2.88 bits per heavy atom. The first kappa shape index (κ1) is 10.4. The van der Waals surface area contributed by atoms with Crippen LogP contribution in [0.1, 0.15) is 11.1 Å². The van der Waals surface area contributed by atoms with Gasteiger partial charge in [-0.05, 0) is 29.7 Å². The molecule has 0 fully saturated rings. The Morgan fingerprint density at radius 2 is 2.12 bits per heavy atom. The smallest absolute Gasteiger partial charge is 0.238 e. The lowest BCUT2D eigenvalue weighted by molar-refractivity contribution is 0.598. The van der Waals surface area contributed by atoms with Gasteiger partial charge in [0, 0.05) is 23.2 Å². The number of sulfonamides is 1. The van der Waals surface area contributed by atoms with Crippen molar-refractivity contribution in [3.63, 3.8) is 0 Å². The molecule has 17 heavy (non-hydrogen) atoms. The van der Waals surface area contributed by atoms with Gasteiger partial charge in [0.05, 0.1) is 4.90 Å². The van der Waals surface area contributed by atoms with Crippen LogP contribution in [0.5, 0.6) is 0 Å². The van der Waals surface area contributed by atoms with Crippen molar-refractivity contribution in [1.29, 1.82) is 0 Å². The molecule has 0 atom stereocenters. The average Bonchev–Trinajstić information content (AvgIpc) is 2.74. The number of nitrogens with zero attached hydrogens (tertiary/aromatic N) is 1. The van der Waals surface area contributed by atoms with Crippen molar-refractivity contribution in [1.82, 2.24) is 4.98 Å². The van der Waals surface area contributed by atoms with Crippen LogP contribution in [0, 0.1) is 0 Å². The summed E-state index contributed by atoms with van der Waals surface area (Å²) in [5.41, 5.74) is 2.02. The SMILES string of the molecule is NS(=O)(=O)c1cc2c(c3cnccc13)C=CC2. The van der Waals surface area contributed by atoms with Gasteiger partial charge in [0.2, 0.25) is 10.0 Å². The standard InChI is InChI=1S/C12H10N2O2S/c13-17(15,16)12-6-8-2-1-3-9(8)11-7-14-5-4-10(11)12/h1,3-7H,2H2,(H2,13,15,16). The number of allylic oxidation sites excluding steroid dienone is 1. The molecule has 5 heteroatoms. The summed E-state index contributed by atoms with van der Waals surface area (Å²) in [4.78, 5) is 4.22. The molecule has 0 spiro atoms. The Bertz CT molecular complexity index is 748. The summed E-state index contributed by atoms with van der Waals surface area (Å²) in [5.74, 6) is 0. The first-order valence-corrected chi connectivity index (χ1v) is 6.71. The first-order valence-electron chi connectivity index (χ1n) is 5.16. The molecule has 0 bridgehead atoms. The molecule has 2 N–H and O–H groups in total. The molecule has 2 aromatic rings. The Hall–Kier alpha value is -1.72. The van der Waals surface area contributed by atoms with Gasteiger partial charge in [-0.1, -0.05) is 12.2 Å². The predicted octanol–water partition coefficient (Wildman–Crippen LogP) is 1.45. The second kappa shape index (κ2) is 3.38. The van der Waals surface area contributed by atoms with Crippen LogP contribution in [0.4, 0.5) is 0 Å². The number of benzene rings is 1. The lowest BCUT2D eigenvalue weighted by Gasteiger charge is -2.09. The maximum absolute atomic E-state index is 11.6. The van der Waals surface area contributed by atoms with Crippen molar-refractivity contribution in [2.75, 3.05) is 0 Å². The number of hydrogen-bond acceptors (Lipinski definition) is 3. The summed E-state index contributed by atoms with van der Waals surface area (Å²) in [5, 5.41) is 6.72. The van der Waals surface area contributed by atoms with Crippen LogP contribution < -0.4 is 5.14 Å². The minimum atomic E-state index is -3.71. The molecule has 86 valence electrons. The lowest BCUT2D eigenvalue weighted by atomic mass is 10.0. The first-order chi connectivity index (χ1) is 8.07. The highest BCUT2D eigenvalue weighted by atomic mass is 32.2. The van der Waals surface area contributed by atoms with Crippen LogP contribution in [0.25, 0.3) is 16.8 Å². The lowest BCUT2D eigenvalue weighted by Crippen LogP contribution is -2.13. The van der Waals surface area contributed by atoms with Crippen molar-refractivity contribution < 1.29 is 8.42 Å². The third kappa shape index (κ3) is 1.55. The van der Waals surface area contributed by atoms with E-state index in [9.17, 15) is 8.42 Å².